The Balaban J connectivity index is 2.02. The maximum atomic E-state index is 12.3. The van der Waals surface area contributed by atoms with E-state index in [0.29, 0.717) is 12.8 Å². The van der Waals surface area contributed by atoms with Gasteiger partial charge in [-0.3, -0.25) is 14.4 Å². The van der Waals surface area contributed by atoms with Crippen molar-refractivity contribution in [1.82, 2.24) is 10.2 Å². The van der Waals surface area contributed by atoms with Crippen LogP contribution in [0.5, 0.6) is 0 Å². The van der Waals surface area contributed by atoms with Gasteiger partial charge in [0.1, 0.15) is 12.6 Å². The van der Waals surface area contributed by atoms with Crippen LogP contribution in [0.3, 0.4) is 0 Å². The van der Waals surface area contributed by atoms with Crippen LogP contribution < -0.4 is 11.1 Å². The van der Waals surface area contributed by atoms with Crippen LogP contribution in [-0.4, -0.2) is 54.5 Å². The fourth-order valence-corrected chi connectivity index (χ4v) is 2.99. The summed E-state index contributed by atoms with van der Waals surface area (Å²) < 4.78 is 4.47. The van der Waals surface area contributed by atoms with Gasteiger partial charge < -0.3 is 20.7 Å². The molecule has 2 rings (SSSR count). The molecule has 0 aromatic rings. The van der Waals surface area contributed by atoms with Gasteiger partial charge in [0.15, 0.2) is 0 Å². The maximum Gasteiger partial charge on any atom is 0.325 e. The molecular formula is C13H21N3O4. The van der Waals surface area contributed by atoms with Crippen LogP contribution in [0.2, 0.25) is 0 Å². The summed E-state index contributed by atoms with van der Waals surface area (Å²) in [7, 11) is 1.26. The summed E-state index contributed by atoms with van der Waals surface area (Å²) in [6.45, 7) is -0.176. The molecule has 20 heavy (non-hydrogen) atoms. The van der Waals surface area contributed by atoms with Gasteiger partial charge in [0.2, 0.25) is 11.8 Å². The molecule has 2 aliphatic rings. The second-order valence-electron chi connectivity index (χ2n) is 5.32. The Morgan fingerprint density at radius 2 is 2.10 bits per heavy atom. The summed E-state index contributed by atoms with van der Waals surface area (Å²) in [5.41, 5.74) is 5.84. The number of nitrogens with one attached hydrogen (secondary N) is 1. The number of carbonyl (C=O) groups is 3. The molecule has 0 saturated carbocycles. The van der Waals surface area contributed by atoms with Crippen molar-refractivity contribution < 1.29 is 19.1 Å². The van der Waals surface area contributed by atoms with Crippen molar-refractivity contribution in [2.75, 3.05) is 13.7 Å². The van der Waals surface area contributed by atoms with Crippen molar-refractivity contribution in [3.8, 4) is 0 Å². The van der Waals surface area contributed by atoms with Crippen LogP contribution in [0.15, 0.2) is 0 Å². The van der Waals surface area contributed by atoms with E-state index in [9.17, 15) is 14.4 Å². The number of esters is 1. The standard InChI is InChI=1S/C13H21N3O4/c1-20-11(17)7-15-12(18)10-6-5-8-3-2-4-9(14)13(19)16(8)10/h8-10H,2-7,14H2,1H3,(H,15,18)/t8-,9-,10-/m0/s1. The van der Waals surface area contributed by atoms with Gasteiger partial charge in [0.05, 0.1) is 13.2 Å². The molecule has 0 bridgehead atoms. The van der Waals surface area contributed by atoms with Gasteiger partial charge in [-0.05, 0) is 32.1 Å². The zero-order valence-electron chi connectivity index (χ0n) is 11.6. The molecule has 2 amide bonds. The van der Waals surface area contributed by atoms with Crippen LogP contribution >= 0.6 is 0 Å². The lowest BCUT2D eigenvalue weighted by atomic mass is 10.1. The summed E-state index contributed by atoms with van der Waals surface area (Å²) in [6, 6.07) is -0.930. The van der Waals surface area contributed by atoms with Crippen molar-refractivity contribution in [3.05, 3.63) is 0 Å². The SMILES string of the molecule is COC(=O)CNC(=O)[C@@H]1CC[C@@H]2CCC[C@H](N)C(=O)N21. The van der Waals surface area contributed by atoms with E-state index in [0.717, 1.165) is 19.3 Å². The van der Waals surface area contributed by atoms with Crippen molar-refractivity contribution in [1.29, 1.82) is 0 Å². The van der Waals surface area contributed by atoms with Gasteiger partial charge in [-0.1, -0.05) is 0 Å². The summed E-state index contributed by atoms with van der Waals surface area (Å²) in [6.07, 6.45) is 3.90. The molecule has 3 atom stereocenters. The molecule has 3 N–H and O–H groups in total. The number of hydrogen-bond acceptors (Lipinski definition) is 5. The minimum atomic E-state index is -0.519. The highest BCUT2D eigenvalue weighted by molar-refractivity contribution is 5.92. The lowest BCUT2D eigenvalue weighted by Gasteiger charge is -2.29. The molecule has 0 aliphatic carbocycles. The number of amides is 2. The fourth-order valence-electron chi connectivity index (χ4n) is 2.99. The Labute approximate surface area is 117 Å². The second kappa shape index (κ2) is 6.21. The molecule has 2 heterocycles. The Hall–Kier alpha value is -1.63. The highest BCUT2D eigenvalue weighted by atomic mass is 16.5. The lowest BCUT2D eigenvalue weighted by molar-refractivity contribution is -0.143. The number of hydrogen-bond donors (Lipinski definition) is 2. The molecule has 0 aromatic heterocycles. The molecule has 0 aromatic carbocycles. The van der Waals surface area contributed by atoms with E-state index >= 15 is 0 Å². The van der Waals surface area contributed by atoms with Crippen LogP contribution in [-0.2, 0) is 19.1 Å². The van der Waals surface area contributed by atoms with E-state index in [1.165, 1.54) is 7.11 Å². The van der Waals surface area contributed by atoms with E-state index < -0.39 is 18.1 Å². The predicted molar refractivity (Wildman–Crippen MR) is 70.5 cm³/mol. The molecule has 112 valence electrons. The molecule has 2 aliphatic heterocycles. The summed E-state index contributed by atoms with van der Waals surface area (Å²) in [4.78, 5) is 37.1. The second-order valence-corrected chi connectivity index (χ2v) is 5.32. The maximum absolute atomic E-state index is 12.3. The van der Waals surface area contributed by atoms with Crippen molar-refractivity contribution in [3.63, 3.8) is 0 Å². The van der Waals surface area contributed by atoms with E-state index in [2.05, 4.69) is 10.1 Å². The van der Waals surface area contributed by atoms with Gasteiger partial charge in [0, 0.05) is 6.04 Å². The van der Waals surface area contributed by atoms with Gasteiger partial charge in [-0.2, -0.15) is 0 Å². The van der Waals surface area contributed by atoms with E-state index in [4.69, 9.17) is 5.73 Å². The minimum absolute atomic E-state index is 0.102. The fraction of sp³-hybridized carbons (Fsp3) is 0.769. The Morgan fingerprint density at radius 1 is 1.35 bits per heavy atom. The summed E-state index contributed by atoms with van der Waals surface area (Å²) in [5, 5.41) is 2.52. The third-order valence-corrected chi connectivity index (χ3v) is 4.06. The normalized spacial score (nSPS) is 29.6. The van der Waals surface area contributed by atoms with Gasteiger partial charge in [0.25, 0.3) is 0 Å². The monoisotopic (exact) mass is 283 g/mol. The minimum Gasteiger partial charge on any atom is -0.468 e. The van der Waals surface area contributed by atoms with Gasteiger partial charge in [-0.15, -0.1) is 0 Å². The number of carbonyl (C=O) groups excluding carboxylic acids is 3. The van der Waals surface area contributed by atoms with Crippen molar-refractivity contribution >= 4 is 17.8 Å². The third kappa shape index (κ3) is 2.92. The van der Waals surface area contributed by atoms with Crippen LogP contribution in [0.25, 0.3) is 0 Å². The number of rotatable bonds is 3. The van der Waals surface area contributed by atoms with Crippen LogP contribution in [0.1, 0.15) is 32.1 Å². The van der Waals surface area contributed by atoms with E-state index in [-0.39, 0.29) is 24.4 Å². The lowest BCUT2D eigenvalue weighted by Crippen LogP contribution is -2.53. The van der Waals surface area contributed by atoms with E-state index in [1.807, 2.05) is 0 Å². The number of fused-ring (bicyclic) bond motifs is 1. The average Bonchev–Trinajstić information content (AvgIpc) is 2.81. The highest BCUT2D eigenvalue weighted by Gasteiger charge is 2.43. The Bertz CT molecular complexity index is 412. The molecule has 7 heteroatoms. The highest BCUT2D eigenvalue weighted by Crippen LogP contribution is 2.31. The first kappa shape index (κ1) is 14.8. The number of ether oxygens (including phenoxy) is 1. The molecular weight excluding hydrogens is 262 g/mol. The summed E-state index contributed by atoms with van der Waals surface area (Å²) in [5.74, 6) is -0.963. The summed E-state index contributed by atoms with van der Waals surface area (Å²) >= 11 is 0. The van der Waals surface area contributed by atoms with Crippen LogP contribution in [0, 0.1) is 0 Å². The Kier molecular flexibility index (Phi) is 4.59. The molecule has 7 nitrogen and oxygen atoms in total. The molecule has 0 unspecified atom stereocenters. The first-order valence-electron chi connectivity index (χ1n) is 6.97. The quantitative estimate of drug-likeness (QED) is 0.657. The smallest absolute Gasteiger partial charge is 0.325 e. The topological polar surface area (TPSA) is 102 Å². The van der Waals surface area contributed by atoms with Crippen LogP contribution in [0.4, 0.5) is 0 Å². The zero-order chi connectivity index (χ0) is 14.7. The van der Waals surface area contributed by atoms with Crippen molar-refractivity contribution in [2.45, 2.75) is 50.2 Å². The average molecular weight is 283 g/mol. The largest absolute Gasteiger partial charge is 0.468 e. The number of methoxy groups -OCH3 is 1. The first-order chi connectivity index (χ1) is 9.54. The molecule has 2 fully saturated rings. The van der Waals surface area contributed by atoms with E-state index in [1.54, 1.807) is 4.90 Å². The zero-order valence-corrected chi connectivity index (χ0v) is 11.6. The molecule has 0 radical (unpaired) electrons. The molecule has 0 spiro atoms. The predicted octanol–water partition coefficient (Wildman–Crippen LogP) is -0.854. The van der Waals surface area contributed by atoms with Gasteiger partial charge >= 0.3 is 5.97 Å². The number of nitrogens with two attached hydrogens (primary N) is 1. The van der Waals surface area contributed by atoms with Gasteiger partial charge in [-0.25, -0.2) is 0 Å². The third-order valence-electron chi connectivity index (χ3n) is 4.06. The first-order valence-corrected chi connectivity index (χ1v) is 6.97. The van der Waals surface area contributed by atoms with Crippen molar-refractivity contribution in [2.24, 2.45) is 5.73 Å². The molecule has 2 saturated heterocycles. The number of nitrogens with zero attached hydrogens (tertiary/aromatic N) is 1. The Morgan fingerprint density at radius 3 is 2.80 bits per heavy atom.